The summed E-state index contributed by atoms with van der Waals surface area (Å²) in [6, 6.07) is 24.7. The molecule has 2 heterocycles. The van der Waals surface area contributed by atoms with Gasteiger partial charge in [-0.15, -0.1) is 10.2 Å². The molecule has 0 saturated carbocycles. The molecule has 2 aromatic heterocycles. The molecule has 0 aliphatic rings. The molecule has 174 valence electrons. The summed E-state index contributed by atoms with van der Waals surface area (Å²) in [6.07, 6.45) is 0.729. The molecule has 0 bridgehead atoms. The zero-order chi connectivity index (χ0) is 24.4. The maximum atomic E-state index is 13.0. The Morgan fingerprint density at radius 1 is 0.943 bits per heavy atom. The molecule has 8 heteroatoms. The number of nitrogens with zero attached hydrogens (tertiary/aromatic N) is 4. The number of benzene rings is 3. The molecular formula is C27H22BrN5O2. The van der Waals surface area contributed by atoms with Crippen LogP contribution in [0.2, 0.25) is 0 Å². The number of carbonyl (C=O) groups is 1. The number of ether oxygens (including phenoxy) is 1. The van der Waals surface area contributed by atoms with E-state index in [1.54, 1.807) is 28.8 Å². The summed E-state index contributed by atoms with van der Waals surface area (Å²) in [5.74, 6) is 1.07. The highest BCUT2D eigenvalue weighted by Crippen LogP contribution is 2.30. The summed E-state index contributed by atoms with van der Waals surface area (Å²) in [6.45, 7) is 3.87. The van der Waals surface area contributed by atoms with Crippen LogP contribution in [0.5, 0.6) is 11.5 Å². The maximum Gasteiger partial charge on any atom is 0.278 e. The van der Waals surface area contributed by atoms with Crippen LogP contribution in [0.1, 0.15) is 28.8 Å². The van der Waals surface area contributed by atoms with Crippen LogP contribution in [0.15, 0.2) is 83.3 Å². The molecule has 0 saturated heterocycles. The van der Waals surface area contributed by atoms with E-state index >= 15 is 0 Å². The second kappa shape index (κ2) is 9.68. The molecular weight excluding hydrogens is 506 g/mol. The molecule has 0 atom stereocenters. The summed E-state index contributed by atoms with van der Waals surface area (Å²) in [7, 11) is 0. The van der Waals surface area contributed by atoms with Crippen LogP contribution in [-0.4, -0.2) is 25.7 Å². The van der Waals surface area contributed by atoms with Crippen molar-refractivity contribution in [2.24, 2.45) is 0 Å². The van der Waals surface area contributed by atoms with Crippen molar-refractivity contribution in [1.82, 2.24) is 19.8 Å². The first-order valence-corrected chi connectivity index (χ1v) is 12.0. The highest BCUT2D eigenvalue weighted by atomic mass is 79.9. The minimum Gasteiger partial charge on any atom is -0.457 e. The smallest absolute Gasteiger partial charge is 0.278 e. The second-order valence-corrected chi connectivity index (χ2v) is 8.86. The predicted octanol–water partition coefficient (Wildman–Crippen LogP) is 6.47. The van der Waals surface area contributed by atoms with Crippen molar-refractivity contribution in [3.63, 3.8) is 0 Å². The van der Waals surface area contributed by atoms with E-state index in [1.165, 1.54) is 0 Å². The van der Waals surface area contributed by atoms with Gasteiger partial charge in [0.05, 0.1) is 17.0 Å². The lowest BCUT2D eigenvalue weighted by molar-refractivity contribution is 0.102. The fourth-order valence-electron chi connectivity index (χ4n) is 3.84. The number of carbonyl (C=O) groups excluding carboxylic acids is 1. The zero-order valence-electron chi connectivity index (χ0n) is 19.2. The highest BCUT2D eigenvalue weighted by molar-refractivity contribution is 9.10. The largest absolute Gasteiger partial charge is 0.457 e. The van der Waals surface area contributed by atoms with Gasteiger partial charge in [0.15, 0.2) is 11.3 Å². The van der Waals surface area contributed by atoms with Gasteiger partial charge >= 0.3 is 0 Å². The third-order valence-electron chi connectivity index (χ3n) is 5.61. The highest BCUT2D eigenvalue weighted by Gasteiger charge is 2.21. The first-order chi connectivity index (χ1) is 17.0. The number of aromatic nitrogens is 4. The van der Waals surface area contributed by atoms with Crippen molar-refractivity contribution in [2.45, 2.75) is 20.3 Å². The van der Waals surface area contributed by atoms with Crippen molar-refractivity contribution in [3.8, 4) is 22.6 Å². The van der Waals surface area contributed by atoms with E-state index in [1.807, 2.05) is 68.4 Å². The van der Waals surface area contributed by atoms with Crippen LogP contribution in [-0.2, 0) is 6.42 Å². The number of amides is 1. The molecule has 1 N–H and O–H groups in total. The fourth-order valence-corrected chi connectivity index (χ4v) is 4.10. The number of halogens is 1. The first-order valence-electron chi connectivity index (χ1n) is 11.2. The Morgan fingerprint density at radius 2 is 1.63 bits per heavy atom. The minimum atomic E-state index is -0.354. The molecule has 3 aromatic carbocycles. The van der Waals surface area contributed by atoms with Gasteiger partial charge in [-0.2, -0.15) is 5.10 Å². The van der Waals surface area contributed by atoms with Gasteiger partial charge in [-0.05, 0) is 67.4 Å². The van der Waals surface area contributed by atoms with Crippen molar-refractivity contribution in [1.29, 1.82) is 0 Å². The Bertz CT molecular complexity index is 1500. The molecule has 0 aliphatic carbocycles. The SMILES string of the molecule is CCc1nn2c(C)c(C(=O)Nc3ccc(Oc4ccccc4)cc3)nnc2c1-c1ccc(Br)cc1. The molecule has 1 amide bonds. The van der Waals surface area contributed by atoms with Crippen molar-refractivity contribution in [3.05, 3.63) is 100 Å². The molecule has 0 spiro atoms. The summed E-state index contributed by atoms with van der Waals surface area (Å²) in [5, 5.41) is 16.3. The van der Waals surface area contributed by atoms with Crippen LogP contribution in [0.3, 0.4) is 0 Å². The lowest BCUT2D eigenvalue weighted by Crippen LogP contribution is -2.18. The summed E-state index contributed by atoms with van der Waals surface area (Å²) >= 11 is 3.48. The average Bonchev–Trinajstić information content (AvgIpc) is 3.26. The van der Waals surface area contributed by atoms with E-state index in [0.717, 1.165) is 33.5 Å². The van der Waals surface area contributed by atoms with Gasteiger partial charge in [0, 0.05) is 10.2 Å². The quantitative estimate of drug-likeness (QED) is 0.273. The second-order valence-electron chi connectivity index (χ2n) is 7.95. The number of hydrogen-bond acceptors (Lipinski definition) is 5. The summed E-state index contributed by atoms with van der Waals surface area (Å²) in [4.78, 5) is 13.0. The lowest BCUT2D eigenvalue weighted by Gasteiger charge is -2.09. The predicted molar refractivity (Wildman–Crippen MR) is 139 cm³/mol. The average molecular weight is 528 g/mol. The van der Waals surface area contributed by atoms with E-state index in [9.17, 15) is 4.79 Å². The number of fused-ring (bicyclic) bond motifs is 1. The fraction of sp³-hybridized carbons (Fsp3) is 0.111. The number of anilines is 1. The van der Waals surface area contributed by atoms with Gasteiger partial charge < -0.3 is 10.1 Å². The summed E-state index contributed by atoms with van der Waals surface area (Å²) < 4.78 is 8.51. The normalized spacial score (nSPS) is 10.9. The van der Waals surface area contributed by atoms with E-state index in [-0.39, 0.29) is 11.6 Å². The maximum absolute atomic E-state index is 13.0. The first kappa shape index (κ1) is 22.7. The molecule has 5 aromatic rings. The Kier molecular flexibility index (Phi) is 6.29. The minimum absolute atomic E-state index is 0.217. The molecule has 7 nitrogen and oxygen atoms in total. The number of rotatable bonds is 6. The van der Waals surface area contributed by atoms with Gasteiger partial charge in [-0.25, -0.2) is 4.52 Å². The van der Waals surface area contributed by atoms with E-state index < -0.39 is 0 Å². The lowest BCUT2D eigenvalue weighted by atomic mass is 10.0. The third kappa shape index (κ3) is 4.65. The van der Waals surface area contributed by atoms with Gasteiger partial charge in [-0.3, -0.25) is 4.79 Å². The number of nitrogens with one attached hydrogen (secondary N) is 1. The van der Waals surface area contributed by atoms with Crippen LogP contribution >= 0.6 is 15.9 Å². The van der Waals surface area contributed by atoms with Crippen LogP contribution in [0, 0.1) is 6.92 Å². The molecule has 0 radical (unpaired) electrons. The Hall–Kier alpha value is -4.04. The van der Waals surface area contributed by atoms with Crippen LogP contribution < -0.4 is 10.1 Å². The molecule has 5 rings (SSSR count). The third-order valence-corrected chi connectivity index (χ3v) is 6.14. The molecule has 0 fully saturated rings. The topological polar surface area (TPSA) is 81.4 Å². The van der Waals surface area contributed by atoms with E-state index in [2.05, 4.69) is 31.4 Å². The zero-order valence-corrected chi connectivity index (χ0v) is 20.8. The summed E-state index contributed by atoms with van der Waals surface area (Å²) in [5.41, 5.74) is 4.92. The van der Waals surface area contributed by atoms with Gasteiger partial charge in [-0.1, -0.05) is 53.2 Å². The molecule has 0 aliphatic heterocycles. The van der Waals surface area contributed by atoms with Gasteiger partial charge in [0.25, 0.3) is 5.91 Å². The van der Waals surface area contributed by atoms with Gasteiger partial charge in [0.1, 0.15) is 11.5 Å². The Labute approximate surface area is 210 Å². The van der Waals surface area contributed by atoms with Crippen molar-refractivity contribution >= 4 is 33.2 Å². The molecule has 35 heavy (non-hydrogen) atoms. The molecule has 0 unspecified atom stereocenters. The monoisotopic (exact) mass is 527 g/mol. The number of para-hydroxylation sites is 1. The number of aryl methyl sites for hydroxylation is 2. The number of hydrogen-bond donors (Lipinski definition) is 1. The Balaban J connectivity index is 1.40. The van der Waals surface area contributed by atoms with Crippen molar-refractivity contribution < 1.29 is 9.53 Å². The van der Waals surface area contributed by atoms with E-state index in [4.69, 9.17) is 9.84 Å². The van der Waals surface area contributed by atoms with E-state index in [0.29, 0.717) is 22.8 Å². The van der Waals surface area contributed by atoms with Gasteiger partial charge in [0.2, 0.25) is 0 Å². The van der Waals surface area contributed by atoms with Crippen LogP contribution in [0.25, 0.3) is 16.8 Å². The Morgan fingerprint density at radius 3 is 2.31 bits per heavy atom. The standard InChI is InChI=1S/C27H22BrN5O2/c1-3-23-24(18-9-11-19(28)12-10-18)26-31-30-25(17(2)33(26)32-23)27(34)29-20-13-15-22(16-14-20)35-21-7-5-4-6-8-21/h4-16H,3H2,1-2H3,(H,29,34). The van der Waals surface area contributed by atoms with Crippen molar-refractivity contribution in [2.75, 3.05) is 5.32 Å². The van der Waals surface area contributed by atoms with Crippen LogP contribution in [0.4, 0.5) is 5.69 Å².